The Morgan fingerprint density at radius 1 is 1.61 bits per heavy atom. The predicted molar refractivity (Wildman–Crippen MR) is 61.2 cm³/mol. The third kappa shape index (κ3) is 2.84. The summed E-state index contributed by atoms with van der Waals surface area (Å²) in [6.07, 6.45) is 3.12. The summed E-state index contributed by atoms with van der Waals surface area (Å²) < 4.78 is 1.33. The highest BCUT2D eigenvalue weighted by Crippen LogP contribution is 2.13. The van der Waals surface area contributed by atoms with Crippen molar-refractivity contribution in [3.05, 3.63) is 12.4 Å². The molecule has 1 aliphatic heterocycles. The SMILES string of the molecule is NC(=O)Cn1cc(NC(=O)C2CNC(=O)C2)cn1. The van der Waals surface area contributed by atoms with Crippen LogP contribution in [0.25, 0.3) is 0 Å². The number of primary amides is 1. The van der Waals surface area contributed by atoms with E-state index in [9.17, 15) is 14.4 Å². The molecule has 2 rings (SSSR count). The van der Waals surface area contributed by atoms with E-state index in [-0.39, 0.29) is 30.7 Å². The molecule has 1 saturated heterocycles. The predicted octanol–water partition coefficient (Wildman–Crippen LogP) is -1.56. The van der Waals surface area contributed by atoms with Crippen LogP contribution in [0.3, 0.4) is 0 Å². The standard InChI is InChI=1S/C10H13N5O3/c11-8(16)5-15-4-7(3-13-15)14-10(18)6-1-9(17)12-2-6/h3-4,6H,1-2,5H2,(H2,11,16)(H,12,17)(H,14,18). The molecule has 0 saturated carbocycles. The molecule has 1 fully saturated rings. The Kier molecular flexibility index (Phi) is 3.26. The summed E-state index contributed by atoms with van der Waals surface area (Å²) in [6, 6.07) is 0. The monoisotopic (exact) mass is 251 g/mol. The zero-order valence-corrected chi connectivity index (χ0v) is 9.55. The second-order valence-corrected chi connectivity index (χ2v) is 4.09. The molecule has 8 heteroatoms. The maximum Gasteiger partial charge on any atom is 0.239 e. The Labute approximate surface area is 103 Å². The van der Waals surface area contributed by atoms with Gasteiger partial charge in [-0.25, -0.2) is 0 Å². The van der Waals surface area contributed by atoms with E-state index < -0.39 is 5.91 Å². The van der Waals surface area contributed by atoms with Gasteiger partial charge in [0.1, 0.15) is 6.54 Å². The molecule has 0 spiro atoms. The number of carbonyl (C=O) groups is 3. The second-order valence-electron chi connectivity index (χ2n) is 4.09. The first-order valence-corrected chi connectivity index (χ1v) is 5.43. The molecule has 0 radical (unpaired) electrons. The van der Waals surface area contributed by atoms with Gasteiger partial charge < -0.3 is 16.4 Å². The van der Waals surface area contributed by atoms with Gasteiger partial charge in [-0.2, -0.15) is 5.10 Å². The number of amides is 3. The van der Waals surface area contributed by atoms with Crippen LogP contribution in [0, 0.1) is 5.92 Å². The second kappa shape index (κ2) is 4.86. The number of hydrogen-bond donors (Lipinski definition) is 3. The minimum atomic E-state index is -0.512. The van der Waals surface area contributed by atoms with E-state index in [1.54, 1.807) is 0 Å². The van der Waals surface area contributed by atoms with Gasteiger partial charge in [0.25, 0.3) is 0 Å². The molecular formula is C10H13N5O3. The van der Waals surface area contributed by atoms with E-state index in [2.05, 4.69) is 15.7 Å². The summed E-state index contributed by atoms with van der Waals surface area (Å²) in [7, 11) is 0. The van der Waals surface area contributed by atoms with Crippen molar-refractivity contribution in [2.75, 3.05) is 11.9 Å². The molecule has 0 aromatic carbocycles. The Morgan fingerprint density at radius 2 is 2.39 bits per heavy atom. The highest BCUT2D eigenvalue weighted by molar-refractivity contribution is 5.97. The molecule has 8 nitrogen and oxygen atoms in total. The van der Waals surface area contributed by atoms with Crippen LogP contribution in [0.4, 0.5) is 5.69 Å². The lowest BCUT2D eigenvalue weighted by atomic mass is 10.1. The van der Waals surface area contributed by atoms with Crippen LogP contribution < -0.4 is 16.4 Å². The first-order chi connectivity index (χ1) is 8.54. The fourth-order valence-electron chi connectivity index (χ4n) is 1.71. The van der Waals surface area contributed by atoms with Gasteiger partial charge in [0.15, 0.2) is 0 Å². The van der Waals surface area contributed by atoms with Crippen molar-refractivity contribution in [2.24, 2.45) is 11.7 Å². The normalized spacial score (nSPS) is 18.4. The van der Waals surface area contributed by atoms with Crippen molar-refractivity contribution < 1.29 is 14.4 Å². The molecule has 1 atom stereocenters. The number of carbonyl (C=O) groups excluding carboxylic acids is 3. The Balaban J connectivity index is 1.93. The summed E-state index contributed by atoms with van der Waals surface area (Å²) in [5.74, 6) is -1.25. The van der Waals surface area contributed by atoms with Gasteiger partial charge in [0.2, 0.25) is 17.7 Å². The summed E-state index contributed by atoms with van der Waals surface area (Å²) in [5.41, 5.74) is 5.49. The summed E-state index contributed by atoms with van der Waals surface area (Å²) in [4.78, 5) is 33.4. The van der Waals surface area contributed by atoms with E-state index >= 15 is 0 Å². The third-order valence-electron chi connectivity index (χ3n) is 2.57. The quantitative estimate of drug-likeness (QED) is 0.599. The van der Waals surface area contributed by atoms with Crippen LogP contribution in [0.2, 0.25) is 0 Å². The lowest BCUT2D eigenvalue weighted by molar-refractivity contribution is -0.123. The fourth-order valence-corrected chi connectivity index (χ4v) is 1.71. The lowest BCUT2D eigenvalue weighted by Gasteiger charge is -2.06. The number of nitrogens with one attached hydrogen (secondary N) is 2. The Morgan fingerprint density at radius 3 is 3.00 bits per heavy atom. The number of nitrogens with zero attached hydrogens (tertiary/aromatic N) is 2. The van der Waals surface area contributed by atoms with Crippen molar-refractivity contribution >= 4 is 23.4 Å². The molecule has 4 N–H and O–H groups in total. The number of aromatic nitrogens is 2. The smallest absolute Gasteiger partial charge is 0.239 e. The minimum absolute atomic E-state index is 0.0423. The van der Waals surface area contributed by atoms with Gasteiger partial charge in [0.05, 0.1) is 17.8 Å². The van der Waals surface area contributed by atoms with Gasteiger partial charge in [-0.3, -0.25) is 19.1 Å². The van der Waals surface area contributed by atoms with E-state index in [4.69, 9.17) is 5.73 Å². The lowest BCUT2D eigenvalue weighted by Crippen LogP contribution is -2.24. The number of anilines is 1. The minimum Gasteiger partial charge on any atom is -0.368 e. The van der Waals surface area contributed by atoms with Crippen LogP contribution in [-0.2, 0) is 20.9 Å². The van der Waals surface area contributed by atoms with Crippen molar-refractivity contribution in [2.45, 2.75) is 13.0 Å². The van der Waals surface area contributed by atoms with Crippen molar-refractivity contribution in [1.82, 2.24) is 15.1 Å². The van der Waals surface area contributed by atoms with Crippen LogP contribution in [-0.4, -0.2) is 34.0 Å². The molecule has 18 heavy (non-hydrogen) atoms. The first-order valence-electron chi connectivity index (χ1n) is 5.43. The zero-order valence-electron chi connectivity index (χ0n) is 9.55. The highest BCUT2D eigenvalue weighted by Gasteiger charge is 2.28. The van der Waals surface area contributed by atoms with Gasteiger partial charge in [-0.15, -0.1) is 0 Å². The molecule has 0 bridgehead atoms. The number of nitrogens with two attached hydrogens (primary N) is 1. The van der Waals surface area contributed by atoms with E-state index in [1.807, 2.05) is 0 Å². The van der Waals surface area contributed by atoms with Crippen molar-refractivity contribution in [3.8, 4) is 0 Å². The van der Waals surface area contributed by atoms with Gasteiger partial charge in [-0.1, -0.05) is 0 Å². The van der Waals surface area contributed by atoms with Crippen LogP contribution in [0.15, 0.2) is 12.4 Å². The fraction of sp³-hybridized carbons (Fsp3) is 0.400. The summed E-state index contributed by atoms with van der Waals surface area (Å²) in [5, 5.41) is 9.09. The largest absolute Gasteiger partial charge is 0.368 e. The molecular weight excluding hydrogens is 238 g/mol. The van der Waals surface area contributed by atoms with E-state index in [1.165, 1.54) is 17.1 Å². The molecule has 96 valence electrons. The molecule has 0 aliphatic carbocycles. The van der Waals surface area contributed by atoms with Crippen molar-refractivity contribution in [1.29, 1.82) is 0 Å². The zero-order chi connectivity index (χ0) is 13.1. The molecule has 3 amide bonds. The Hall–Kier alpha value is -2.38. The van der Waals surface area contributed by atoms with Crippen molar-refractivity contribution in [3.63, 3.8) is 0 Å². The summed E-state index contributed by atoms with van der Waals surface area (Å²) >= 11 is 0. The molecule has 1 aromatic heterocycles. The maximum atomic E-state index is 11.8. The first kappa shape index (κ1) is 12.1. The number of rotatable bonds is 4. The number of hydrogen-bond acceptors (Lipinski definition) is 4. The van der Waals surface area contributed by atoms with E-state index in [0.717, 1.165) is 0 Å². The average Bonchev–Trinajstić information content (AvgIpc) is 2.87. The van der Waals surface area contributed by atoms with Gasteiger partial charge >= 0.3 is 0 Å². The molecule has 2 heterocycles. The van der Waals surface area contributed by atoms with Crippen LogP contribution >= 0.6 is 0 Å². The summed E-state index contributed by atoms with van der Waals surface area (Å²) in [6.45, 7) is 0.305. The van der Waals surface area contributed by atoms with Gasteiger partial charge in [-0.05, 0) is 0 Å². The topological polar surface area (TPSA) is 119 Å². The van der Waals surface area contributed by atoms with E-state index in [0.29, 0.717) is 12.2 Å². The molecule has 1 aliphatic rings. The average molecular weight is 251 g/mol. The van der Waals surface area contributed by atoms with Gasteiger partial charge in [0, 0.05) is 19.2 Å². The Bertz CT molecular complexity index is 495. The van der Waals surface area contributed by atoms with Crippen LogP contribution in [0.5, 0.6) is 0 Å². The molecule has 1 unspecified atom stereocenters. The van der Waals surface area contributed by atoms with Crippen LogP contribution in [0.1, 0.15) is 6.42 Å². The maximum absolute atomic E-state index is 11.8. The third-order valence-corrected chi connectivity index (χ3v) is 2.57. The highest BCUT2D eigenvalue weighted by atomic mass is 16.2. The molecule has 1 aromatic rings.